The molecule has 0 aliphatic heterocycles. The minimum absolute atomic E-state index is 0.251. The third-order valence-electron chi connectivity index (χ3n) is 2.12. The Hall–Kier alpha value is -1.95. The van der Waals surface area contributed by atoms with E-state index >= 15 is 0 Å². The Labute approximate surface area is 101 Å². The first-order valence-corrected chi connectivity index (χ1v) is 5.73. The molecule has 1 aromatic carbocycles. The van der Waals surface area contributed by atoms with Gasteiger partial charge in [0.05, 0.1) is 16.4 Å². The van der Waals surface area contributed by atoms with Gasteiger partial charge in [0.15, 0.2) is 0 Å². The highest BCUT2D eigenvalue weighted by molar-refractivity contribution is 7.09. The van der Waals surface area contributed by atoms with Crippen LogP contribution in [-0.4, -0.2) is 10.9 Å². The number of carbonyl (C=O) groups excluding carboxylic acids is 1. The monoisotopic (exact) mass is 251 g/mol. The molecule has 2 aromatic rings. The average Bonchev–Trinajstić information content (AvgIpc) is 2.70. The Balaban J connectivity index is 2.21. The highest BCUT2D eigenvalue weighted by Gasteiger charge is 2.11. The van der Waals surface area contributed by atoms with Crippen molar-refractivity contribution < 1.29 is 9.18 Å². The normalized spacial score (nSPS) is 10.2. The number of rotatable bonds is 2. The van der Waals surface area contributed by atoms with Crippen molar-refractivity contribution in [2.45, 2.75) is 6.92 Å². The van der Waals surface area contributed by atoms with Crippen molar-refractivity contribution in [1.29, 1.82) is 0 Å². The van der Waals surface area contributed by atoms with Crippen molar-refractivity contribution in [3.63, 3.8) is 0 Å². The molecule has 88 valence electrons. The Morgan fingerprint density at radius 2 is 2.29 bits per heavy atom. The second-order valence-corrected chi connectivity index (χ2v) is 4.50. The van der Waals surface area contributed by atoms with Crippen LogP contribution in [0.2, 0.25) is 0 Å². The molecule has 0 fully saturated rings. The molecule has 0 saturated carbocycles. The smallest absolute Gasteiger partial charge is 0.275 e. The number of nitrogens with one attached hydrogen (secondary N) is 1. The summed E-state index contributed by atoms with van der Waals surface area (Å²) in [4.78, 5) is 15.8. The molecule has 0 unspecified atom stereocenters. The maximum absolute atomic E-state index is 13.0. The molecule has 3 N–H and O–H groups in total. The van der Waals surface area contributed by atoms with Crippen molar-refractivity contribution in [3.05, 3.63) is 40.1 Å². The number of amides is 1. The average molecular weight is 251 g/mol. The molecule has 0 saturated heterocycles. The lowest BCUT2D eigenvalue weighted by atomic mass is 10.2. The van der Waals surface area contributed by atoms with Crippen LogP contribution in [0, 0.1) is 12.7 Å². The largest absolute Gasteiger partial charge is 0.397 e. The van der Waals surface area contributed by atoms with Crippen LogP contribution in [0.4, 0.5) is 15.8 Å². The molecule has 4 nitrogen and oxygen atoms in total. The molecule has 0 spiro atoms. The van der Waals surface area contributed by atoms with Crippen molar-refractivity contribution >= 4 is 28.6 Å². The second-order valence-electron chi connectivity index (χ2n) is 3.44. The maximum atomic E-state index is 13.0. The fourth-order valence-corrected chi connectivity index (χ4v) is 1.88. The number of anilines is 2. The van der Waals surface area contributed by atoms with Crippen LogP contribution in [0.3, 0.4) is 0 Å². The molecule has 0 atom stereocenters. The zero-order valence-electron chi connectivity index (χ0n) is 9.03. The van der Waals surface area contributed by atoms with Gasteiger partial charge in [-0.25, -0.2) is 9.37 Å². The molecule has 2 rings (SSSR count). The predicted octanol–water partition coefficient (Wildman–Crippen LogP) is 2.43. The van der Waals surface area contributed by atoms with E-state index in [2.05, 4.69) is 10.3 Å². The standard InChI is InChI=1S/C11H10FN3OS/c1-6-14-10(5-17-6)11(16)15-9-4-7(12)2-3-8(9)13/h2-5H,13H2,1H3,(H,15,16). The van der Waals surface area contributed by atoms with Crippen LogP contribution < -0.4 is 11.1 Å². The molecular formula is C11H10FN3OS. The number of thiazole rings is 1. The summed E-state index contributed by atoms with van der Waals surface area (Å²) in [5.74, 6) is -0.851. The van der Waals surface area contributed by atoms with Crippen LogP contribution in [0.15, 0.2) is 23.6 Å². The van der Waals surface area contributed by atoms with Crippen molar-refractivity contribution in [2.24, 2.45) is 0 Å². The fourth-order valence-electron chi connectivity index (χ4n) is 1.29. The molecule has 0 aliphatic rings. The minimum atomic E-state index is -0.455. The van der Waals surface area contributed by atoms with Crippen molar-refractivity contribution in [2.75, 3.05) is 11.1 Å². The predicted molar refractivity (Wildman–Crippen MR) is 65.6 cm³/mol. The molecule has 1 aromatic heterocycles. The van der Waals surface area contributed by atoms with Crippen LogP contribution in [0.5, 0.6) is 0 Å². The molecule has 6 heteroatoms. The third kappa shape index (κ3) is 2.59. The summed E-state index contributed by atoms with van der Waals surface area (Å²) in [6, 6.07) is 3.81. The van der Waals surface area contributed by atoms with Gasteiger partial charge in [0.1, 0.15) is 11.5 Å². The Bertz CT molecular complexity index is 568. The van der Waals surface area contributed by atoms with Crippen LogP contribution in [0.25, 0.3) is 0 Å². The van der Waals surface area contributed by atoms with E-state index in [1.165, 1.54) is 29.5 Å². The zero-order chi connectivity index (χ0) is 12.4. The van der Waals surface area contributed by atoms with Crippen LogP contribution >= 0.6 is 11.3 Å². The summed E-state index contributed by atoms with van der Waals surface area (Å²) in [6.45, 7) is 1.80. The highest BCUT2D eigenvalue weighted by atomic mass is 32.1. The van der Waals surface area contributed by atoms with Crippen molar-refractivity contribution in [1.82, 2.24) is 4.98 Å². The molecule has 1 amide bonds. The molecule has 17 heavy (non-hydrogen) atoms. The van der Waals surface area contributed by atoms with Gasteiger partial charge < -0.3 is 11.1 Å². The Morgan fingerprint density at radius 3 is 2.94 bits per heavy atom. The number of hydrogen-bond acceptors (Lipinski definition) is 4. The summed E-state index contributed by atoms with van der Waals surface area (Å²) in [6.07, 6.45) is 0. The van der Waals surface area contributed by atoms with Crippen LogP contribution in [0.1, 0.15) is 15.5 Å². The van der Waals surface area contributed by atoms with Gasteiger partial charge in [-0.05, 0) is 25.1 Å². The lowest BCUT2D eigenvalue weighted by molar-refractivity contribution is 0.102. The summed E-state index contributed by atoms with van der Waals surface area (Å²) in [7, 11) is 0. The van der Waals surface area contributed by atoms with Crippen LogP contribution in [-0.2, 0) is 0 Å². The molecule has 1 heterocycles. The van der Waals surface area contributed by atoms with Gasteiger partial charge in [0, 0.05) is 5.38 Å². The highest BCUT2D eigenvalue weighted by Crippen LogP contribution is 2.20. The summed E-state index contributed by atoms with van der Waals surface area (Å²) < 4.78 is 13.0. The Kier molecular flexibility index (Phi) is 3.06. The van der Waals surface area contributed by atoms with E-state index in [1.807, 2.05) is 0 Å². The third-order valence-corrected chi connectivity index (χ3v) is 2.89. The minimum Gasteiger partial charge on any atom is -0.397 e. The Morgan fingerprint density at radius 1 is 1.53 bits per heavy atom. The van der Waals surface area contributed by atoms with E-state index in [1.54, 1.807) is 12.3 Å². The quantitative estimate of drug-likeness (QED) is 0.805. The van der Waals surface area contributed by atoms with Crippen molar-refractivity contribution in [3.8, 4) is 0 Å². The second kappa shape index (κ2) is 4.50. The van der Waals surface area contributed by atoms with E-state index in [4.69, 9.17) is 5.73 Å². The fraction of sp³-hybridized carbons (Fsp3) is 0.0909. The lowest BCUT2D eigenvalue weighted by Gasteiger charge is -2.06. The summed E-state index contributed by atoms with van der Waals surface area (Å²) >= 11 is 1.37. The van der Waals surface area contributed by atoms with Gasteiger partial charge in [-0.15, -0.1) is 11.3 Å². The van der Waals surface area contributed by atoms with Gasteiger partial charge >= 0.3 is 0 Å². The molecular weight excluding hydrogens is 241 g/mol. The number of nitrogen functional groups attached to an aromatic ring is 1. The van der Waals surface area contributed by atoms with Gasteiger partial charge in [-0.1, -0.05) is 0 Å². The number of halogens is 1. The number of nitrogens with two attached hydrogens (primary N) is 1. The first-order chi connectivity index (χ1) is 8.06. The molecule has 0 bridgehead atoms. The SMILES string of the molecule is Cc1nc(C(=O)Nc2cc(F)ccc2N)cs1. The van der Waals surface area contributed by atoms with E-state index in [-0.39, 0.29) is 5.69 Å². The lowest BCUT2D eigenvalue weighted by Crippen LogP contribution is -2.13. The van der Waals surface area contributed by atoms with E-state index < -0.39 is 11.7 Å². The summed E-state index contributed by atoms with van der Waals surface area (Å²) in [5.41, 5.74) is 6.49. The number of aromatic nitrogens is 1. The number of benzene rings is 1. The molecule has 0 radical (unpaired) electrons. The zero-order valence-corrected chi connectivity index (χ0v) is 9.84. The van der Waals surface area contributed by atoms with Gasteiger partial charge in [0.25, 0.3) is 5.91 Å². The van der Waals surface area contributed by atoms with E-state index in [0.29, 0.717) is 11.4 Å². The number of hydrogen-bond donors (Lipinski definition) is 2. The molecule has 0 aliphatic carbocycles. The van der Waals surface area contributed by atoms with E-state index in [0.717, 1.165) is 5.01 Å². The van der Waals surface area contributed by atoms with Gasteiger partial charge in [-0.2, -0.15) is 0 Å². The number of aryl methyl sites for hydroxylation is 1. The topological polar surface area (TPSA) is 68.0 Å². The summed E-state index contributed by atoms with van der Waals surface area (Å²) in [5, 5.41) is 4.95. The van der Waals surface area contributed by atoms with E-state index in [9.17, 15) is 9.18 Å². The maximum Gasteiger partial charge on any atom is 0.275 e. The number of nitrogens with zero attached hydrogens (tertiary/aromatic N) is 1. The first-order valence-electron chi connectivity index (χ1n) is 4.85. The number of carbonyl (C=O) groups is 1. The van der Waals surface area contributed by atoms with Gasteiger partial charge in [-0.3, -0.25) is 4.79 Å². The van der Waals surface area contributed by atoms with Gasteiger partial charge in [0.2, 0.25) is 0 Å². The first kappa shape index (κ1) is 11.5.